The lowest BCUT2D eigenvalue weighted by Gasteiger charge is -2.31. The summed E-state index contributed by atoms with van der Waals surface area (Å²) in [5.74, 6) is -3.50. The van der Waals surface area contributed by atoms with Crippen molar-refractivity contribution in [3.63, 3.8) is 0 Å². The zero-order chi connectivity index (χ0) is 11.1. The summed E-state index contributed by atoms with van der Waals surface area (Å²) in [5.41, 5.74) is -1.55. The van der Waals surface area contributed by atoms with Gasteiger partial charge in [-0.05, 0) is 13.0 Å². The number of hydrogen-bond acceptors (Lipinski definition) is 1. The van der Waals surface area contributed by atoms with E-state index in [0.717, 1.165) is 0 Å². The van der Waals surface area contributed by atoms with Crippen molar-refractivity contribution < 1.29 is 13.2 Å². The lowest BCUT2D eigenvalue weighted by molar-refractivity contribution is -0.0572. The van der Waals surface area contributed by atoms with E-state index < -0.39 is 17.3 Å². The Balaban J connectivity index is 2.50. The van der Waals surface area contributed by atoms with E-state index >= 15 is 0 Å². The van der Waals surface area contributed by atoms with Crippen molar-refractivity contribution in [3.8, 4) is 0 Å². The van der Waals surface area contributed by atoms with Crippen LogP contribution < -0.4 is 5.32 Å². The predicted molar refractivity (Wildman–Crippen MR) is 51.3 cm³/mol. The van der Waals surface area contributed by atoms with E-state index in [1.54, 1.807) is 6.07 Å². The van der Waals surface area contributed by atoms with Gasteiger partial charge in [-0.15, -0.1) is 0 Å². The molecule has 0 radical (unpaired) electrons. The smallest absolute Gasteiger partial charge is 0.271 e. The Morgan fingerprint density at radius 1 is 1.27 bits per heavy atom. The zero-order valence-corrected chi connectivity index (χ0v) is 8.36. The third-order valence-corrected chi connectivity index (χ3v) is 3.06. The largest absolute Gasteiger partial charge is 0.302 e. The SMILES string of the molecule is CC1(c2ccccc2F)NCCC1(F)F. The van der Waals surface area contributed by atoms with E-state index in [4.69, 9.17) is 0 Å². The maximum atomic E-state index is 13.6. The summed E-state index contributed by atoms with van der Waals surface area (Å²) < 4.78 is 40.7. The van der Waals surface area contributed by atoms with Crippen LogP contribution in [-0.4, -0.2) is 12.5 Å². The van der Waals surface area contributed by atoms with Gasteiger partial charge in [0.15, 0.2) is 0 Å². The van der Waals surface area contributed by atoms with Crippen molar-refractivity contribution in [2.45, 2.75) is 24.8 Å². The average molecular weight is 215 g/mol. The standard InChI is InChI=1S/C11H12F3N/c1-10(11(13,14)6-7-15-10)8-4-2-3-5-9(8)12/h2-5,15H,6-7H2,1H3. The highest BCUT2D eigenvalue weighted by molar-refractivity contribution is 5.30. The number of halogens is 3. The fourth-order valence-electron chi connectivity index (χ4n) is 2.01. The third kappa shape index (κ3) is 1.44. The molecule has 1 heterocycles. The van der Waals surface area contributed by atoms with Gasteiger partial charge in [-0.1, -0.05) is 18.2 Å². The number of rotatable bonds is 1. The molecule has 0 saturated carbocycles. The Kier molecular flexibility index (Phi) is 2.26. The molecule has 1 unspecified atom stereocenters. The Morgan fingerprint density at radius 3 is 2.47 bits per heavy atom. The average Bonchev–Trinajstić information content (AvgIpc) is 2.43. The molecule has 1 saturated heterocycles. The molecule has 1 fully saturated rings. The van der Waals surface area contributed by atoms with E-state index in [0.29, 0.717) is 0 Å². The Labute approximate surface area is 86.3 Å². The molecule has 15 heavy (non-hydrogen) atoms. The zero-order valence-electron chi connectivity index (χ0n) is 8.36. The molecule has 0 spiro atoms. The van der Waals surface area contributed by atoms with Crippen LogP contribution in [0.3, 0.4) is 0 Å². The fourth-order valence-corrected chi connectivity index (χ4v) is 2.01. The van der Waals surface area contributed by atoms with E-state index in [1.165, 1.54) is 25.1 Å². The minimum atomic E-state index is -2.91. The second kappa shape index (κ2) is 3.23. The van der Waals surface area contributed by atoms with Crippen molar-refractivity contribution in [2.24, 2.45) is 0 Å². The molecule has 1 nitrogen and oxygen atoms in total. The van der Waals surface area contributed by atoms with Gasteiger partial charge < -0.3 is 5.32 Å². The maximum absolute atomic E-state index is 13.6. The van der Waals surface area contributed by atoms with Gasteiger partial charge in [0.05, 0.1) is 0 Å². The fraction of sp³-hybridized carbons (Fsp3) is 0.455. The summed E-state index contributed by atoms with van der Waals surface area (Å²) >= 11 is 0. The minimum Gasteiger partial charge on any atom is -0.302 e. The third-order valence-electron chi connectivity index (χ3n) is 3.06. The van der Waals surface area contributed by atoms with Crippen LogP contribution in [0.2, 0.25) is 0 Å². The van der Waals surface area contributed by atoms with Gasteiger partial charge in [-0.2, -0.15) is 0 Å². The normalized spacial score (nSPS) is 29.3. The van der Waals surface area contributed by atoms with Crippen LogP contribution in [0.1, 0.15) is 18.9 Å². The van der Waals surface area contributed by atoms with Crippen LogP contribution in [0.15, 0.2) is 24.3 Å². The molecule has 0 bridgehead atoms. The van der Waals surface area contributed by atoms with Crippen molar-refractivity contribution in [1.82, 2.24) is 5.32 Å². The minimum absolute atomic E-state index is 0.0347. The molecule has 1 aliphatic heterocycles. The molecule has 82 valence electrons. The molecule has 1 atom stereocenters. The molecule has 1 aromatic rings. The molecule has 0 aliphatic carbocycles. The van der Waals surface area contributed by atoms with Crippen molar-refractivity contribution in [2.75, 3.05) is 6.54 Å². The monoisotopic (exact) mass is 215 g/mol. The molecule has 1 N–H and O–H groups in total. The molecular weight excluding hydrogens is 203 g/mol. The van der Waals surface area contributed by atoms with E-state index in [9.17, 15) is 13.2 Å². The first-order valence-electron chi connectivity index (χ1n) is 4.85. The summed E-state index contributed by atoms with van der Waals surface area (Å²) in [7, 11) is 0. The van der Waals surface area contributed by atoms with Crippen molar-refractivity contribution in [3.05, 3.63) is 35.6 Å². The molecule has 1 aliphatic rings. The summed E-state index contributed by atoms with van der Waals surface area (Å²) in [6.45, 7) is 1.55. The summed E-state index contributed by atoms with van der Waals surface area (Å²) in [5, 5.41) is 2.69. The van der Waals surface area contributed by atoms with Gasteiger partial charge in [-0.25, -0.2) is 13.2 Å². The highest BCUT2D eigenvalue weighted by atomic mass is 19.3. The Bertz CT molecular complexity index is 378. The van der Waals surface area contributed by atoms with E-state index in [2.05, 4.69) is 5.32 Å². The second-order valence-corrected chi connectivity index (χ2v) is 3.99. The lowest BCUT2D eigenvalue weighted by Crippen LogP contribution is -2.46. The first-order valence-corrected chi connectivity index (χ1v) is 4.85. The topological polar surface area (TPSA) is 12.0 Å². The maximum Gasteiger partial charge on any atom is 0.271 e. The number of nitrogens with one attached hydrogen (secondary N) is 1. The van der Waals surface area contributed by atoms with Crippen LogP contribution in [0.4, 0.5) is 13.2 Å². The van der Waals surface area contributed by atoms with Gasteiger partial charge in [-0.3, -0.25) is 0 Å². The van der Waals surface area contributed by atoms with Gasteiger partial charge in [0.1, 0.15) is 11.4 Å². The van der Waals surface area contributed by atoms with Crippen LogP contribution in [0.25, 0.3) is 0 Å². The van der Waals surface area contributed by atoms with Gasteiger partial charge in [0, 0.05) is 18.5 Å². The molecule has 2 rings (SSSR count). The quantitative estimate of drug-likeness (QED) is 0.759. The van der Waals surface area contributed by atoms with Gasteiger partial charge in [0.25, 0.3) is 5.92 Å². The number of benzene rings is 1. The van der Waals surface area contributed by atoms with E-state index in [1.807, 2.05) is 0 Å². The van der Waals surface area contributed by atoms with Crippen LogP contribution in [0.5, 0.6) is 0 Å². The lowest BCUT2D eigenvalue weighted by atomic mass is 9.87. The highest BCUT2D eigenvalue weighted by Crippen LogP contribution is 2.44. The first-order chi connectivity index (χ1) is 6.97. The Hall–Kier alpha value is -1.03. The van der Waals surface area contributed by atoms with Crippen LogP contribution in [-0.2, 0) is 5.54 Å². The van der Waals surface area contributed by atoms with Gasteiger partial charge in [0.2, 0.25) is 0 Å². The molecular formula is C11H12F3N. The summed E-state index contributed by atoms with van der Waals surface area (Å²) in [6, 6.07) is 5.67. The van der Waals surface area contributed by atoms with Gasteiger partial charge >= 0.3 is 0 Å². The second-order valence-electron chi connectivity index (χ2n) is 3.99. The Morgan fingerprint density at radius 2 is 1.93 bits per heavy atom. The molecule has 4 heteroatoms. The van der Waals surface area contributed by atoms with Crippen molar-refractivity contribution in [1.29, 1.82) is 0 Å². The molecule has 0 aromatic heterocycles. The molecule has 0 amide bonds. The number of hydrogen-bond donors (Lipinski definition) is 1. The predicted octanol–water partition coefficient (Wildman–Crippen LogP) is 2.67. The van der Waals surface area contributed by atoms with Crippen LogP contribution >= 0.6 is 0 Å². The highest BCUT2D eigenvalue weighted by Gasteiger charge is 2.55. The number of alkyl halides is 2. The van der Waals surface area contributed by atoms with Crippen molar-refractivity contribution >= 4 is 0 Å². The summed E-state index contributed by atoms with van der Waals surface area (Å²) in [6.07, 6.45) is -0.252. The first kappa shape index (κ1) is 10.5. The summed E-state index contributed by atoms with van der Waals surface area (Å²) in [4.78, 5) is 0. The van der Waals surface area contributed by atoms with E-state index in [-0.39, 0.29) is 18.5 Å². The molecule has 1 aromatic carbocycles. The van der Waals surface area contributed by atoms with Crippen LogP contribution in [0, 0.1) is 5.82 Å².